The van der Waals surface area contributed by atoms with E-state index in [0.29, 0.717) is 11.4 Å². The summed E-state index contributed by atoms with van der Waals surface area (Å²) in [6, 6.07) is 5.40. The molecule has 2 N–H and O–H groups in total. The van der Waals surface area contributed by atoms with Crippen molar-refractivity contribution in [3.8, 4) is 5.75 Å². The summed E-state index contributed by atoms with van der Waals surface area (Å²) in [6.45, 7) is 2.64. The first-order chi connectivity index (χ1) is 8.66. The van der Waals surface area contributed by atoms with Gasteiger partial charge in [0, 0.05) is 0 Å². The smallest absolute Gasteiger partial charge is 0.488 e. The van der Waals surface area contributed by atoms with Crippen molar-refractivity contribution in [3.63, 3.8) is 0 Å². The molecule has 0 radical (unpaired) electrons. The Morgan fingerprint density at radius 1 is 1.22 bits per heavy atom. The molecule has 0 amide bonds. The maximum absolute atomic E-state index is 9.14. The highest BCUT2D eigenvalue weighted by Gasteiger charge is 2.16. The van der Waals surface area contributed by atoms with Crippen LogP contribution in [0.15, 0.2) is 18.2 Å². The van der Waals surface area contributed by atoms with Crippen molar-refractivity contribution in [1.82, 2.24) is 0 Å². The molecule has 0 bridgehead atoms. The molecule has 1 aromatic carbocycles. The summed E-state index contributed by atoms with van der Waals surface area (Å²) in [4.78, 5) is 0. The first-order valence-corrected chi connectivity index (χ1v) is 6.76. The van der Waals surface area contributed by atoms with Crippen LogP contribution in [-0.2, 0) is 0 Å². The van der Waals surface area contributed by atoms with Gasteiger partial charge in [0.1, 0.15) is 5.75 Å². The summed E-state index contributed by atoms with van der Waals surface area (Å²) in [6.07, 6.45) is 6.54. The van der Waals surface area contributed by atoms with Gasteiger partial charge in [0.25, 0.3) is 0 Å². The maximum Gasteiger partial charge on any atom is 0.488 e. The van der Waals surface area contributed by atoms with Gasteiger partial charge in [-0.3, -0.25) is 0 Å². The van der Waals surface area contributed by atoms with Crippen molar-refractivity contribution in [3.05, 3.63) is 23.8 Å². The molecule has 0 unspecified atom stereocenters. The minimum atomic E-state index is -1.41. The Hall–Kier alpha value is -0.995. The molecule has 0 saturated heterocycles. The van der Waals surface area contributed by atoms with Crippen LogP contribution in [0.1, 0.15) is 37.7 Å². The lowest BCUT2D eigenvalue weighted by atomic mass is 9.77. The molecule has 3 nitrogen and oxygen atoms in total. The van der Waals surface area contributed by atoms with Gasteiger partial charge in [-0.05, 0) is 48.8 Å². The first-order valence-electron chi connectivity index (χ1n) is 6.76. The van der Waals surface area contributed by atoms with Crippen LogP contribution in [0.25, 0.3) is 0 Å². The average Bonchev–Trinajstić information content (AvgIpc) is 2.37. The fraction of sp³-hybridized carbons (Fsp3) is 0.571. The molecule has 1 aromatic rings. The lowest BCUT2D eigenvalue weighted by molar-refractivity contribution is 0.209. The van der Waals surface area contributed by atoms with Gasteiger partial charge >= 0.3 is 7.12 Å². The maximum atomic E-state index is 9.14. The Kier molecular flexibility index (Phi) is 4.67. The number of hydrogen-bond donors (Lipinski definition) is 2. The van der Waals surface area contributed by atoms with Gasteiger partial charge in [-0.25, -0.2) is 0 Å². The largest absolute Gasteiger partial charge is 0.493 e. The van der Waals surface area contributed by atoms with Gasteiger partial charge in [0.2, 0.25) is 0 Å². The number of ether oxygens (including phenoxy) is 1. The molecular formula is C14H21BO3. The van der Waals surface area contributed by atoms with Crippen LogP contribution in [0.2, 0.25) is 0 Å². The van der Waals surface area contributed by atoms with Crippen LogP contribution in [0.3, 0.4) is 0 Å². The second-order valence-electron chi connectivity index (χ2n) is 5.21. The summed E-state index contributed by atoms with van der Waals surface area (Å²) in [5.41, 5.74) is 1.39. The molecule has 98 valence electrons. The number of rotatable bonds is 4. The molecule has 0 aromatic heterocycles. The highest BCUT2D eigenvalue weighted by Crippen LogP contribution is 2.24. The number of benzene rings is 1. The van der Waals surface area contributed by atoms with Gasteiger partial charge in [0.15, 0.2) is 0 Å². The quantitative estimate of drug-likeness (QED) is 0.796. The van der Waals surface area contributed by atoms with E-state index in [1.54, 1.807) is 6.07 Å². The van der Waals surface area contributed by atoms with Crippen LogP contribution in [-0.4, -0.2) is 23.8 Å². The zero-order valence-electron chi connectivity index (χ0n) is 10.9. The summed E-state index contributed by atoms with van der Waals surface area (Å²) in [5.74, 6) is 1.50. The Labute approximate surface area is 109 Å². The van der Waals surface area contributed by atoms with E-state index < -0.39 is 7.12 Å². The van der Waals surface area contributed by atoms with Crippen molar-refractivity contribution in [2.24, 2.45) is 5.92 Å². The number of hydrogen-bond acceptors (Lipinski definition) is 3. The van der Waals surface area contributed by atoms with Crippen molar-refractivity contribution in [1.29, 1.82) is 0 Å². The summed E-state index contributed by atoms with van der Waals surface area (Å²) >= 11 is 0. The van der Waals surface area contributed by atoms with E-state index in [9.17, 15) is 0 Å². The lowest BCUT2D eigenvalue weighted by Gasteiger charge is -2.21. The van der Waals surface area contributed by atoms with E-state index in [1.807, 2.05) is 19.1 Å². The van der Waals surface area contributed by atoms with Gasteiger partial charge in [-0.2, -0.15) is 0 Å². The third-order valence-corrected chi connectivity index (χ3v) is 3.73. The topological polar surface area (TPSA) is 49.7 Å². The van der Waals surface area contributed by atoms with E-state index in [2.05, 4.69) is 0 Å². The molecule has 0 spiro atoms. The molecule has 4 heteroatoms. The molecule has 18 heavy (non-hydrogen) atoms. The molecule has 1 aliphatic carbocycles. The zero-order chi connectivity index (χ0) is 13.0. The Bertz CT molecular complexity index is 387. The molecule has 1 aliphatic rings. The monoisotopic (exact) mass is 248 g/mol. The van der Waals surface area contributed by atoms with E-state index in [4.69, 9.17) is 14.8 Å². The fourth-order valence-electron chi connectivity index (χ4n) is 2.60. The summed E-state index contributed by atoms with van der Waals surface area (Å²) in [5, 5.41) is 18.3. The minimum absolute atomic E-state index is 0.542. The highest BCUT2D eigenvalue weighted by molar-refractivity contribution is 6.59. The lowest BCUT2D eigenvalue weighted by Crippen LogP contribution is -2.31. The molecular weight excluding hydrogens is 227 g/mol. The molecule has 0 atom stereocenters. The van der Waals surface area contributed by atoms with Crippen LogP contribution in [0, 0.1) is 12.8 Å². The van der Waals surface area contributed by atoms with Crippen molar-refractivity contribution >= 4 is 12.6 Å². The SMILES string of the molecule is Cc1cc(OCC2CCCCC2)ccc1B(O)O. The standard InChI is InChI=1S/C14H21BO3/c1-11-9-13(7-8-14(11)15(16)17)18-10-12-5-3-2-4-6-12/h7-9,12,16-17H,2-6,10H2,1H3. The molecule has 1 saturated carbocycles. The predicted molar refractivity (Wildman–Crippen MR) is 73.1 cm³/mol. The van der Waals surface area contributed by atoms with Gasteiger partial charge < -0.3 is 14.8 Å². The normalized spacial score (nSPS) is 16.6. The minimum Gasteiger partial charge on any atom is -0.493 e. The van der Waals surface area contributed by atoms with Crippen LogP contribution < -0.4 is 10.2 Å². The van der Waals surface area contributed by atoms with E-state index in [-0.39, 0.29) is 0 Å². The zero-order valence-corrected chi connectivity index (χ0v) is 10.9. The second-order valence-corrected chi connectivity index (χ2v) is 5.21. The van der Waals surface area contributed by atoms with Gasteiger partial charge in [0.05, 0.1) is 6.61 Å². The predicted octanol–water partition coefficient (Wildman–Crippen LogP) is 1.63. The van der Waals surface area contributed by atoms with Crippen molar-refractivity contribution in [2.75, 3.05) is 6.61 Å². The van der Waals surface area contributed by atoms with Crippen molar-refractivity contribution < 1.29 is 14.8 Å². The van der Waals surface area contributed by atoms with Gasteiger partial charge in [-0.15, -0.1) is 0 Å². The molecule has 0 aliphatic heterocycles. The summed E-state index contributed by atoms with van der Waals surface area (Å²) < 4.78 is 5.80. The molecule has 0 heterocycles. The average molecular weight is 248 g/mol. The van der Waals surface area contributed by atoms with Crippen LogP contribution >= 0.6 is 0 Å². The fourth-order valence-corrected chi connectivity index (χ4v) is 2.60. The van der Waals surface area contributed by atoms with Crippen LogP contribution in [0.4, 0.5) is 0 Å². The highest BCUT2D eigenvalue weighted by atomic mass is 16.5. The second kappa shape index (κ2) is 6.25. The van der Waals surface area contributed by atoms with Gasteiger partial charge in [-0.1, -0.05) is 25.3 Å². The summed E-state index contributed by atoms with van der Waals surface area (Å²) in [7, 11) is -1.41. The third kappa shape index (κ3) is 3.50. The van der Waals surface area contributed by atoms with E-state index in [1.165, 1.54) is 32.1 Å². The Morgan fingerprint density at radius 2 is 1.94 bits per heavy atom. The third-order valence-electron chi connectivity index (χ3n) is 3.73. The number of aryl methyl sites for hydroxylation is 1. The molecule has 1 fully saturated rings. The van der Waals surface area contributed by atoms with E-state index >= 15 is 0 Å². The van der Waals surface area contributed by atoms with Crippen LogP contribution in [0.5, 0.6) is 5.75 Å². The Morgan fingerprint density at radius 3 is 2.56 bits per heavy atom. The Balaban J connectivity index is 1.91. The van der Waals surface area contributed by atoms with Crippen molar-refractivity contribution in [2.45, 2.75) is 39.0 Å². The van der Waals surface area contributed by atoms with E-state index in [0.717, 1.165) is 17.9 Å². The molecule has 2 rings (SSSR count). The first kappa shape index (κ1) is 13.4.